The van der Waals surface area contributed by atoms with Gasteiger partial charge >= 0.3 is 5.97 Å². The third kappa shape index (κ3) is 2.20. The summed E-state index contributed by atoms with van der Waals surface area (Å²) in [7, 11) is 1.89. The normalized spacial score (nSPS) is 18.2. The molecule has 18 heavy (non-hydrogen) atoms. The Balaban J connectivity index is 2.33. The average Bonchev–Trinajstić information content (AvgIpc) is 2.90. The number of aryl methyl sites for hydroxylation is 2. The largest absolute Gasteiger partial charge is 0.481 e. The second-order valence-corrected chi connectivity index (χ2v) is 5.95. The number of hydrogen-bond donors (Lipinski definition) is 1. The third-order valence-electron chi connectivity index (χ3n) is 4.02. The Morgan fingerprint density at radius 3 is 2.56 bits per heavy atom. The van der Waals surface area contributed by atoms with Gasteiger partial charge in [-0.15, -0.1) is 0 Å². The van der Waals surface area contributed by atoms with Gasteiger partial charge < -0.3 is 5.11 Å². The van der Waals surface area contributed by atoms with E-state index < -0.39 is 11.4 Å². The van der Waals surface area contributed by atoms with Gasteiger partial charge in [-0.3, -0.25) is 9.48 Å². The van der Waals surface area contributed by atoms with Crippen molar-refractivity contribution >= 4 is 21.9 Å². The van der Waals surface area contributed by atoms with Crippen LogP contribution in [0, 0.1) is 5.41 Å². The molecule has 1 aromatic rings. The van der Waals surface area contributed by atoms with E-state index in [0.29, 0.717) is 6.42 Å². The second kappa shape index (κ2) is 5.03. The Kier molecular flexibility index (Phi) is 3.80. The summed E-state index contributed by atoms with van der Waals surface area (Å²) in [4.78, 5) is 11.6. The minimum absolute atomic E-state index is 0.576. The quantitative estimate of drug-likeness (QED) is 0.929. The van der Waals surface area contributed by atoms with Crippen molar-refractivity contribution in [2.24, 2.45) is 12.5 Å². The highest BCUT2D eigenvalue weighted by Gasteiger charge is 2.42. The SMILES string of the molecule is CCc1nn(C)c(CC2(C(=O)O)CCCC2)c1Br. The van der Waals surface area contributed by atoms with E-state index in [1.807, 2.05) is 11.7 Å². The van der Waals surface area contributed by atoms with E-state index in [0.717, 1.165) is 48.0 Å². The molecule has 0 aliphatic heterocycles. The predicted octanol–water partition coefficient (Wildman–Crippen LogP) is 2.93. The first-order chi connectivity index (χ1) is 8.50. The number of carboxylic acids is 1. The van der Waals surface area contributed by atoms with Crippen molar-refractivity contribution in [3.05, 3.63) is 15.9 Å². The molecule has 0 saturated heterocycles. The fourth-order valence-electron chi connectivity index (χ4n) is 2.85. The van der Waals surface area contributed by atoms with Crippen LogP contribution in [0.1, 0.15) is 44.0 Å². The Bertz CT molecular complexity index is 462. The zero-order valence-corrected chi connectivity index (χ0v) is 12.5. The Morgan fingerprint density at radius 2 is 2.11 bits per heavy atom. The molecular weight excluding hydrogens is 296 g/mol. The fourth-order valence-corrected chi connectivity index (χ4v) is 3.61. The molecule has 1 aliphatic rings. The molecule has 4 nitrogen and oxygen atoms in total. The minimum atomic E-state index is -0.661. The Morgan fingerprint density at radius 1 is 1.50 bits per heavy atom. The van der Waals surface area contributed by atoms with E-state index in [9.17, 15) is 9.90 Å². The molecule has 1 heterocycles. The topological polar surface area (TPSA) is 55.1 Å². The summed E-state index contributed by atoms with van der Waals surface area (Å²) in [5.74, 6) is -0.661. The number of carbonyl (C=O) groups is 1. The lowest BCUT2D eigenvalue weighted by Gasteiger charge is -2.23. The molecule has 0 spiro atoms. The van der Waals surface area contributed by atoms with E-state index in [1.54, 1.807) is 0 Å². The van der Waals surface area contributed by atoms with Gasteiger partial charge in [0.2, 0.25) is 0 Å². The molecule has 1 N–H and O–H groups in total. The fraction of sp³-hybridized carbons (Fsp3) is 0.692. The molecular formula is C13H19BrN2O2. The highest BCUT2D eigenvalue weighted by Crippen LogP contribution is 2.42. The van der Waals surface area contributed by atoms with Gasteiger partial charge in [-0.25, -0.2) is 0 Å². The number of aliphatic carboxylic acids is 1. The molecule has 1 aliphatic carbocycles. The summed E-state index contributed by atoms with van der Waals surface area (Å²) in [6, 6.07) is 0. The van der Waals surface area contributed by atoms with Gasteiger partial charge in [0.1, 0.15) is 0 Å². The van der Waals surface area contributed by atoms with E-state index in [4.69, 9.17) is 0 Å². The van der Waals surface area contributed by atoms with Gasteiger partial charge in [0.15, 0.2) is 0 Å². The van der Waals surface area contributed by atoms with Crippen molar-refractivity contribution < 1.29 is 9.90 Å². The molecule has 0 radical (unpaired) electrons. The summed E-state index contributed by atoms with van der Waals surface area (Å²) < 4.78 is 2.81. The van der Waals surface area contributed by atoms with E-state index in [2.05, 4.69) is 28.0 Å². The lowest BCUT2D eigenvalue weighted by atomic mass is 9.81. The van der Waals surface area contributed by atoms with Gasteiger partial charge in [-0.2, -0.15) is 5.10 Å². The van der Waals surface area contributed by atoms with Crippen molar-refractivity contribution in [2.75, 3.05) is 0 Å². The molecule has 0 atom stereocenters. The monoisotopic (exact) mass is 314 g/mol. The van der Waals surface area contributed by atoms with Gasteiger partial charge in [-0.1, -0.05) is 19.8 Å². The molecule has 1 aromatic heterocycles. The maximum atomic E-state index is 11.6. The van der Waals surface area contributed by atoms with Gasteiger partial charge in [-0.05, 0) is 35.2 Å². The van der Waals surface area contributed by atoms with Crippen LogP contribution in [0.2, 0.25) is 0 Å². The number of aromatic nitrogens is 2. The molecule has 5 heteroatoms. The zero-order valence-electron chi connectivity index (χ0n) is 10.9. The Hall–Kier alpha value is -0.840. The predicted molar refractivity (Wildman–Crippen MR) is 72.5 cm³/mol. The Labute approximate surface area is 116 Å². The lowest BCUT2D eigenvalue weighted by Crippen LogP contribution is -2.31. The summed E-state index contributed by atoms with van der Waals surface area (Å²) in [5.41, 5.74) is 1.43. The molecule has 0 amide bonds. The summed E-state index contributed by atoms with van der Waals surface area (Å²) in [6.07, 6.45) is 5.02. The molecule has 100 valence electrons. The number of nitrogens with zero attached hydrogens (tertiary/aromatic N) is 2. The number of carboxylic acid groups (broad SMARTS) is 1. The van der Waals surface area contributed by atoms with E-state index in [-0.39, 0.29) is 0 Å². The first kappa shape index (κ1) is 13.6. The number of halogens is 1. The van der Waals surface area contributed by atoms with Crippen LogP contribution < -0.4 is 0 Å². The van der Waals surface area contributed by atoms with Gasteiger partial charge in [0.05, 0.1) is 21.3 Å². The first-order valence-electron chi connectivity index (χ1n) is 6.44. The van der Waals surface area contributed by atoms with E-state index >= 15 is 0 Å². The maximum absolute atomic E-state index is 11.6. The molecule has 1 saturated carbocycles. The standard InChI is InChI=1S/C13H19BrN2O2/c1-3-9-11(14)10(16(2)15-9)8-13(12(17)18)6-4-5-7-13/h3-8H2,1-2H3,(H,17,18). The minimum Gasteiger partial charge on any atom is -0.481 e. The van der Waals surface area contributed by atoms with Crippen LogP contribution in [0.25, 0.3) is 0 Å². The smallest absolute Gasteiger partial charge is 0.310 e. The molecule has 0 unspecified atom stereocenters. The third-order valence-corrected chi connectivity index (χ3v) is 4.94. The van der Waals surface area contributed by atoms with Crippen molar-refractivity contribution in [3.63, 3.8) is 0 Å². The first-order valence-corrected chi connectivity index (χ1v) is 7.23. The summed E-state index contributed by atoms with van der Waals surface area (Å²) >= 11 is 3.57. The number of hydrogen-bond acceptors (Lipinski definition) is 2. The van der Waals surface area contributed by atoms with Gasteiger partial charge in [0, 0.05) is 13.5 Å². The maximum Gasteiger partial charge on any atom is 0.310 e. The van der Waals surface area contributed by atoms with Crippen LogP contribution in [0.4, 0.5) is 0 Å². The van der Waals surface area contributed by atoms with Crippen molar-refractivity contribution in [3.8, 4) is 0 Å². The summed E-state index contributed by atoms with van der Waals surface area (Å²) in [5, 5.41) is 14.0. The van der Waals surface area contributed by atoms with Crippen LogP contribution in [-0.4, -0.2) is 20.9 Å². The molecule has 0 bridgehead atoms. The molecule has 1 fully saturated rings. The van der Waals surface area contributed by atoms with Crippen molar-refractivity contribution in [1.29, 1.82) is 0 Å². The summed E-state index contributed by atoms with van der Waals surface area (Å²) in [6.45, 7) is 2.05. The van der Waals surface area contributed by atoms with Crippen LogP contribution >= 0.6 is 15.9 Å². The highest BCUT2D eigenvalue weighted by atomic mass is 79.9. The van der Waals surface area contributed by atoms with E-state index in [1.165, 1.54) is 0 Å². The molecule has 0 aromatic carbocycles. The zero-order chi connectivity index (χ0) is 13.3. The van der Waals surface area contributed by atoms with Crippen LogP contribution in [0.15, 0.2) is 4.47 Å². The average molecular weight is 315 g/mol. The van der Waals surface area contributed by atoms with Crippen LogP contribution in [0.5, 0.6) is 0 Å². The molecule has 2 rings (SSSR count). The van der Waals surface area contributed by atoms with Crippen LogP contribution in [-0.2, 0) is 24.7 Å². The number of rotatable bonds is 4. The lowest BCUT2D eigenvalue weighted by molar-refractivity contribution is -0.148. The van der Waals surface area contributed by atoms with Crippen molar-refractivity contribution in [1.82, 2.24) is 9.78 Å². The van der Waals surface area contributed by atoms with Crippen molar-refractivity contribution in [2.45, 2.75) is 45.4 Å². The highest BCUT2D eigenvalue weighted by molar-refractivity contribution is 9.10. The van der Waals surface area contributed by atoms with Crippen LogP contribution in [0.3, 0.4) is 0 Å². The van der Waals surface area contributed by atoms with Gasteiger partial charge in [0.25, 0.3) is 0 Å². The second-order valence-electron chi connectivity index (χ2n) is 5.15.